The third-order valence-electron chi connectivity index (χ3n) is 4.93. The largest absolute Gasteiger partial charge is 0.452 e. The van der Waals surface area contributed by atoms with E-state index in [0.717, 1.165) is 55.6 Å². The minimum Gasteiger partial charge on any atom is -0.452 e. The molecule has 1 aliphatic rings. The Kier molecular flexibility index (Phi) is 7.24. The van der Waals surface area contributed by atoms with Gasteiger partial charge in [0.15, 0.2) is 6.10 Å². The number of carbonyl (C=O) groups excluding carboxylic acids is 2. The standard InChI is InChI=1S/C20H27N5O3S/c1-14-8-9-15(2)17(12-14)25-20(21-22-23-25)29-13-18(26)28-16(3)19(27)24-10-6-4-5-7-11-24/h8-9,12,16H,4-7,10-11,13H2,1-3H3/t16-/m1/s1. The monoisotopic (exact) mass is 417 g/mol. The number of thioether (sulfide) groups is 1. The summed E-state index contributed by atoms with van der Waals surface area (Å²) in [5.74, 6) is -0.547. The summed E-state index contributed by atoms with van der Waals surface area (Å²) in [5.41, 5.74) is 3.00. The highest BCUT2D eigenvalue weighted by Crippen LogP contribution is 2.22. The number of aromatic nitrogens is 4. The molecule has 8 nitrogen and oxygen atoms in total. The first-order chi connectivity index (χ1) is 14.0. The number of likely N-dealkylation sites (tertiary alicyclic amines) is 1. The summed E-state index contributed by atoms with van der Waals surface area (Å²) in [5, 5.41) is 12.3. The molecule has 0 radical (unpaired) electrons. The van der Waals surface area contributed by atoms with Gasteiger partial charge in [-0.1, -0.05) is 36.7 Å². The Hall–Kier alpha value is -2.42. The number of amides is 1. The van der Waals surface area contributed by atoms with Crippen molar-refractivity contribution in [3.05, 3.63) is 29.3 Å². The van der Waals surface area contributed by atoms with E-state index >= 15 is 0 Å². The molecule has 0 unspecified atom stereocenters. The van der Waals surface area contributed by atoms with Crippen molar-refractivity contribution in [3.8, 4) is 5.69 Å². The van der Waals surface area contributed by atoms with Gasteiger partial charge >= 0.3 is 5.97 Å². The molecule has 29 heavy (non-hydrogen) atoms. The summed E-state index contributed by atoms with van der Waals surface area (Å²) in [4.78, 5) is 26.6. The second-order valence-electron chi connectivity index (χ2n) is 7.32. The summed E-state index contributed by atoms with van der Waals surface area (Å²) in [7, 11) is 0. The van der Waals surface area contributed by atoms with Crippen molar-refractivity contribution >= 4 is 23.6 Å². The van der Waals surface area contributed by atoms with Crippen molar-refractivity contribution in [2.75, 3.05) is 18.8 Å². The fourth-order valence-electron chi connectivity index (χ4n) is 3.32. The lowest BCUT2D eigenvalue weighted by Crippen LogP contribution is -2.40. The Bertz CT molecular complexity index is 862. The Labute approximate surface area is 175 Å². The number of carbonyl (C=O) groups is 2. The summed E-state index contributed by atoms with van der Waals surface area (Å²) >= 11 is 1.19. The van der Waals surface area contributed by atoms with E-state index in [4.69, 9.17) is 4.74 Å². The average Bonchev–Trinajstić information content (AvgIpc) is 2.99. The molecule has 0 spiro atoms. The molecule has 1 atom stereocenters. The Balaban J connectivity index is 1.57. The number of ether oxygens (including phenoxy) is 1. The topological polar surface area (TPSA) is 90.2 Å². The van der Waals surface area contributed by atoms with E-state index < -0.39 is 12.1 Å². The molecule has 0 N–H and O–H groups in total. The Morgan fingerprint density at radius 1 is 1.17 bits per heavy atom. The molecule has 9 heteroatoms. The minimum atomic E-state index is -0.781. The molecule has 0 aliphatic carbocycles. The van der Waals surface area contributed by atoms with Gasteiger partial charge in [0.1, 0.15) is 0 Å². The lowest BCUT2D eigenvalue weighted by atomic mass is 10.1. The van der Waals surface area contributed by atoms with Gasteiger partial charge in [-0.05, 0) is 61.2 Å². The highest BCUT2D eigenvalue weighted by molar-refractivity contribution is 7.99. The fourth-order valence-corrected chi connectivity index (χ4v) is 3.99. The molecule has 0 saturated carbocycles. The van der Waals surface area contributed by atoms with E-state index in [1.165, 1.54) is 11.8 Å². The van der Waals surface area contributed by atoms with E-state index in [9.17, 15) is 9.59 Å². The summed E-state index contributed by atoms with van der Waals surface area (Å²) in [6.07, 6.45) is 3.51. The molecule has 1 saturated heterocycles. The van der Waals surface area contributed by atoms with E-state index in [2.05, 4.69) is 15.5 Å². The maximum atomic E-state index is 12.5. The van der Waals surface area contributed by atoms with Crippen LogP contribution in [0.5, 0.6) is 0 Å². The summed E-state index contributed by atoms with van der Waals surface area (Å²) < 4.78 is 6.98. The number of tetrazole rings is 1. The van der Waals surface area contributed by atoms with Crippen LogP contribution in [0.4, 0.5) is 0 Å². The first kappa shape index (κ1) is 21.3. The first-order valence-electron chi connectivity index (χ1n) is 9.93. The van der Waals surface area contributed by atoms with Crippen molar-refractivity contribution < 1.29 is 14.3 Å². The van der Waals surface area contributed by atoms with Gasteiger partial charge in [-0.3, -0.25) is 9.59 Å². The number of benzene rings is 1. The first-order valence-corrected chi connectivity index (χ1v) is 10.9. The quantitative estimate of drug-likeness (QED) is 0.527. The molecule has 1 aliphatic heterocycles. The van der Waals surface area contributed by atoms with Crippen LogP contribution in [-0.4, -0.2) is 61.9 Å². The minimum absolute atomic E-state index is 0.0306. The molecule has 1 aromatic heterocycles. The highest BCUT2D eigenvalue weighted by Gasteiger charge is 2.25. The summed E-state index contributed by atoms with van der Waals surface area (Å²) in [6.45, 7) is 7.09. The van der Waals surface area contributed by atoms with Crippen LogP contribution >= 0.6 is 11.8 Å². The second-order valence-corrected chi connectivity index (χ2v) is 8.27. The number of rotatable bonds is 6. The van der Waals surface area contributed by atoms with Crippen LogP contribution in [0.2, 0.25) is 0 Å². The zero-order chi connectivity index (χ0) is 20.8. The Morgan fingerprint density at radius 3 is 2.62 bits per heavy atom. The van der Waals surface area contributed by atoms with Crippen LogP contribution in [0.3, 0.4) is 0 Å². The third kappa shape index (κ3) is 5.56. The second kappa shape index (κ2) is 9.87. The number of hydrogen-bond acceptors (Lipinski definition) is 7. The van der Waals surface area contributed by atoms with Crippen molar-refractivity contribution in [2.24, 2.45) is 0 Å². The molecular formula is C20H27N5O3S. The van der Waals surface area contributed by atoms with Crippen molar-refractivity contribution in [2.45, 2.75) is 57.7 Å². The third-order valence-corrected chi connectivity index (χ3v) is 5.82. The number of esters is 1. The van der Waals surface area contributed by atoms with Crippen LogP contribution in [0.25, 0.3) is 5.69 Å². The highest BCUT2D eigenvalue weighted by atomic mass is 32.2. The van der Waals surface area contributed by atoms with Crippen molar-refractivity contribution in [1.82, 2.24) is 25.1 Å². The zero-order valence-electron chi connectivity index (χ0n) is 17.1. The molecule has 1 aromatic carbocycles. The van der Waals surface area contributed by atoms with E-state index in [1.807, 2.05) is 32.0 Å². The lowest BCUT2D eigenvalue weighted by molar-refractivity contribution is -0.157. The maximum absolute atomic E-state index is 12.5. The molecule has 0 bridgehead atoms. The van der Waals surface area contributed by atoms with Crippen LogP contribution in [0.15, 0.2) is 23.4 Å². The van der Waals surface area contributed by atoms with Gasteiger partial charge in [-0.15, -0.1) is 5.10 Å². The molecule has 3 rings (SSSR count). The van der Waals surface area contributed by atoms with Gasteiger partial charge in [0.05, 0.1) is 11.4 Å². The zero-order valence-corrected chi connectivity index (χ0v) is 17.9. The molecular weight excluding hydrogens is 390 g/mol. The number of aryl methyl sites for hydroxylation is 2. The van der Waals surface area contributed by atoms with Crippen LogP contribution in [0.1, 0.15) is 43.7 Å². The van der Waals surface area contributed by atoms with Crippen LogP contribution in [-0.2, 0) is 14.3 Å². The molecule has 1 amide bonds. The smallest absolute Gasteiger partial charge is 0.317 e. The SMILES string of the molecule is Cc1ccc(C)c(-n2nnnc2SCC(=O)O[C@H](C)C(=O)N2CCCCCC2)c1. The van der Waals surface area contributed by atoms with Gasteiger partial charge in [-0.25, -0.2) is 0 Å². The van der Waals surface area contributed by atoms with Gasteiger partial charge in [0.25, 0.3) is 5.91 Å². The van der Waals surface area contributed by atoms with Crippen LogP contribution < -0.4 is 0 Å². The molecule has 2 heterocycles. The van der Waals surface area contributed by atoms with Gasteiger partial charge in [0, 0.05) is 13.1 Å². The van der Waals surface area contributed by atoms with Gasteiger partial charge in [0.2, 0.25) is 5.16 Å². The van der Waals surface area contributed by atoms with E-state index in [0.29, 0.717) is 5.16 Å². The predicted molar refractivity (Wildman–Crippen MR) is 110 cm³/mol. The average molecular weight is 418 g/mol. The van der Waals surface area contributed by atoms with E-state index in [-0.39, 0.29) is 11.7 Å². The van der Waals surface area contributed by atoms with Crippen molar-refractivity contribution in [3.63, 3.8) is 0 Å². The van der Waals surface area contributed by atoms with Gasteiger partial charge < -0.3 is 9.64 Å². The predicted octanol–water partition coefficient (Wildman–Crippen LogP) is 2.71. The number of nitrogens with zero attached hydrogens (tertiary/aromatic N) is 5. The molecule has 2 aromatic rings. The lowest BCUT2D eigenvalue weighted by Gasteiger charge is -2.23. The normalized spacial score (nSPS) is 15.6. The fraction of sp³-hybridized carbons (Fsp3) is 0.550. The summed E-state index contributed by atoms with van der Waals surface area (Å²) in [6, 6.07) is 6.03. The van der Waals surface area contributed by atoms with Crippen LogP contribution in [0, 0.1) is 13.8 Å². The Morgan fingerprint density at radius 2 is 1.90 bits per heavy atom. The molecule has 156 valence electrons. The van der Waals surface area contributed by atoms with E-state index in [1.54, 1.807) is 16.5 Å². The maximum Gasteiger partial charge on any atom is 0.317 e. The van der Waals surface area contributed by atoms with Crippen molar-refractivity contribution in [1.29, 1.82) is 0 Å². The van der Waals surface area contributed by atoms with Gasteiger partial charge in [-0.2, -0.15) is 4.68 Å². The molecule has 1 fully saturated rings. The number of hydrogen-bond donors (Lipinski definition) is 0.